The summed E-state index contributed by atoms with van der Waals surface area (Å²) < 4.78 is 9.40. The highest BCUT2D eigenvalue weighted by Crippen LogP contribution is 2.45. The molecule has 468 valence electrons. The van der Waals surface area contributed by atoms with Crippen LogP contribution in [0.15, 0.2) is 352 Å². The van der Waals surface area contributed by atoms with Gasteiger partial charge in [-0.15, -0.1) is 22.7 Å². The molecular weight excluding hydrogens is 1250 g/mol. The number of hydrogen-bond donors (Lipinski definition) is 0. The van der Waals surface area contributed by atoms with E-state index in [0.29, 0.717) is 0 Å². The fraction of sp³-hybridized carbons (Fsp3) is 0. The van der Waals surface area contributed by atoms with Crippen LogP contribution in [0.5, 0.6) is 0 Å². The minimum atomic E-state index is 0.742. The molecule has 0 aliphatic heterocycles. The Balaban J connectivity index is 0.000000139. The average molecular weight is 1310 g/mol. The first-order chi connectivity index (χ1) is 49.6. The van der Waals surface area contributed by atoms with E-state index < -0.39 is 0 Å². The van der Waals surface area contributed by atoms with Crippen molar-refractivity contribution in [2.24, 2.45) is 0 Å². The zero-order valence-electron chi connectivity index (χ0n) is 54.0. The topological polar surface area (TPSA) is 61.4 Å². The summed E-state index contributed by atoms with van der Waals surface area (Å²) in [6, 6.07) is 125. The first-order valence-corrected chi connectivity index (χ1v) is 35.3. The lowest BCUT2D eigenvalue weighted by atomic mass is 9.96. The second-order valence-corrected chi connectivity index (χ2v) is 27.3. The largest absolute Gasteiger partial charge is 0.309 e. The van der Waals surface area contributed by atoms with Crippen molar-refractivity contribution < 1.29 is 0 Å². The van der Waals surface area contributed by atoms with Gasteiger partial charge in [-0.05, 0) is 142 Å². The number of nitrogens with zero attached hydrogens (tertiary/aromatic N) is 6. The third kappa shape index (κ3) is 10.4. The summed E-state index contributed by atoms with van der Waals surface area (Å²) in [5, 5.41) is 7.30. The molecule has 14 aromatic carbocycles. The number of fused-ring (bicyclic) bond motifs is 12. The Morgan fingerprint density at radius 2 is 0.500 bits per heavy atom. The van der Waals surface area contributed by atoms with Crippen LogP contribution in [0.25, 0.3) is 185 Å². The summed E-state index contributed by atoms with van der Waals surface area (Å²) in [5.41, 5.74) is 24.7. The van der Waals surface area contributed by atoms with Gasteiger partial charge in [0.2, 0.25) is 0 Å². The predicted molar refractivity (Wildman–Crippen MR) is 422 cm³/mol. The van der Waals surface area contributed by atoms with Crippen LogP contribution in [0.2, 0.25) is 0 Å². The van der Waals surface area contributed by atoms with Gasteiger partial charge < -0.3 is 9.13 Å². The third-order valence-electron chi connectivity index (χ3n) is 19.2. The highest BCUT2D eigenvalue weighted by Gasteiger charge is 2.22. The van der Waals surface area contributed by atoms with E-state index in [2.05, 4.69) is 325 Å². The molecule has 0 atom stereocenters. The Bertz CT molecular complexity index is 6510. The molecule has 0 aliphatic rings. The van der Waals surface area contributed by atoms with Crippen molar-refractivity contribution in [3.8, 4) is 101 Å². The van der Waals surface area contributed by atoms with Crippen molar-refractivity contribution in [1.29, 1.82) is 0 Å². The van der Waals surface area contributed by atoms with E-state index in [4.69, 9.17) is 19.9 Å². The Morgan fingerprint density at radius 1 is 0.200 bits per heavy atom. The Kier molecular flexibility index (Phi) is 14.5. The molecule has 6 aromatic heterocycles. The first-order valence-electron chi connectivity index (χ1n) is 33.7. The van der Waals surface area contributed by atoms with Gasteiger partial charge in [0.05, 0.1) is 53.9 Å². The molecule has 20 rings (SSSR count). The van der Waals surface area contributed by atoms with E-state index in [-0.39, 0.29) is 0 Å². The molecule has 8 heteroatoms. The van der Waals surface area contributed by atoms with Crippen molar-refractivity contribution in [3.63, 3.8) is 0 Å². The molecule has 0 aliphatic carbocycles. The monoisotopic (exact) mass is 1310 g/mol. The van der Waals surface area contributed by atoms with E-state index in [0.717, 1.165) is 82.5 Å². The molecule has 0 radical (unpaired) electrons. The molecule has 6 nitrogen and oxygen atoms in total. The Labute approximate surface area is 585 Å². The minimum Gasteiger partial charge on any atom is -0.309 e. The summed E-state index contributed by atoms with van der Waals surface area (Å²) in [4.78, 5) is 20.7. The summed E-state index contributed by atoms with van der Waals surface area (Å²) in [6.45, 7) is 0. The van der Waals surface area contributed by atoms with Gasteiger partial charge in [0.15, 0.2) is 11.6 Å². The van der Waals surface area contributed by atoms with Gasteiger partial charge in [-0.3, -0.25) is 0 Å². The molecule has 0 saturated heterocycles. The van der Waals surface area contributed by atoms with Crippen molar-refractivity contribution in [2.75, 3.05) is 0 Å². The summed E-state index contributed by atoms with van der Waals surface area (Å²) in [7, 11) is 0. The van der Waals surface area contributed by atoms with Gasteiger partial charge in [0, 0.05) is 75.3 Å². The van der Waals surface area contributed by atoms with Crippen LogP contribution in [0.3, 0.4) is 0 Å². The third-order valence-corrected chi connectivity index (χ3v) is 21.5. The number of hydrogen-bond acceptors (Lipinski definition) is 6. The van der Waals surface area contributed by atoms with Gasteiger partial charge in [0.25, 0.3) is 0 Å². The molecule has 0 fully saturated rings. The van der Waals surface area contributed by atoms with E-state index in [9.17, 15) is 0 Å². The van der Waals surface area contributed by atoms with Crippen LogP contribution < -0.4 is 0 Å². The Hall–Kier alpha value is -12.7. The summed E-state index contributed by atoms with van der Waals surface area (Å²) in [6.07, 6.45) is 0. The molecule has 0 spiro atoms. The molecule has 0 bridgehead atoms. The molecule has 0 unspecified atom stereocenters. The van der Waals surface area contributed by atoms with Crippen LogP contribution >= 0.6 is 22.7 Å². The smallest absolute Gasteiger partial charge is 0.160 e. The number of aromatic nitrogens is 6. The second kappa shape index (κ2) is 24.7. The van der Waals surface area contributed by atoms with E-state index in [1.54, 1.807) is 22.7 Å². The fourth-order valence-corrected chi connectivity index (χ4v) is 16.8. The highest BCUT2D eigenvalue weighted by atomic mass is 32.1. The van der Waals surface area contributed by atoms with E-state index in [1.807, 2.05) is 36.4 Å². The molecule has 0 N–H and O–H groups in total. The molecule has 0 amide bonds. The maximum Gasteiger partial charge on any atom is 0.160 e. The van der Waals surface area contributed by atoms with Crippen LogP contribution in [0.4, 0.5) is 0 Å². The van der Waals surface area contributed by atoms with Crippen LogP contribution in [-0.2, 0) is 0 Å². The second-order valence-electron chi connectivity index (χ2n) is 25.2. The van der Waals surface area contributed by atoms with Gasteiger partial charge in [-0.1, -0.05) is 255 Å². The lowest BCUT2D eigenvalue weighted by molar-refractivity contribution is 1.18. The zero-order valence-corrected chi connectivity index (χ0v) is 55.6. The van der Waals surface area contributed by atoms with Gasteiger partial charge in [0.1, 0.15) is 0 Å². The van der Waals surface area contributed by atoms with Crippen molar-refractivity contribution in [1.82, 2.24) is 29.1 Å². The highest BCUT2D eigenvalue weighted by molar-refractivity contribution is 7.26. The SMILES string of the molecule is c1ccc(-c2ccc3c(c2)c2cc(-c4cccc(-c5nc(-c6ccccc6)nc6c5sc5ccccc56)c4)ccc2n3-c2ccccc2)cc1.c1ccc(-c2nc(-c3cccc(-c4cccc(-c5ccc6c(c5)c5ccccc5n6-c5ccccc5)c4)c3)c3sc4ccccc4c3n2)cc1. The lowest BCUT2D eigenvalue weighted by Gasteiger charge is -2.11. The number of benzene rings is 14. The average Bonchev–Trinajstić information content (AvgIpc) is 1.60. The molecule has 100 heavy (non-hydrogen) atoms. The fourth-order valence-electron chi connectivity index (χ4n) is 14.5. The molecule has 0 saturated carbocycles. The quantitative estimate of drug-likeness (QED) is 0.137. The number of rotatable bonds is 10. The standard InChI is InChI=1S/2C46H29N3S/c1-4-13-30(14-5-1)33-23-25-40-38(28-33)39-29-34(24-26-41(39)49(40)36-19-8-3-9-20-36)32-17-12-18-35(27-32)43-45-44(37-21-10-11-22-42(37)50-45)48-46(47-43)31-15-6-2-7-16-31;1-3-13-30(14-4-1)46-47-43(45-44(48-46)38-22-8-10-24-42(38)50-45)35-18-12-17-33(28-35)31-15-11-16-32(27-31)34-25-26-41-39(29-34)37-21-7-9-23-40(37)49(41)36-19-5-2-6-20-36/h2*1-29H. The van der Waals surface area contributed by atoms with Crippen molar-refractivity contribution >= 4 is 107 Å². The van der Waals surface area contributed by atoms with Crippen molar-refractivity contribution in [3.05, 3.63) is 352 Å². The molecule has 6 heterocycles. The number of para-hydroxylation sites is 3. The summed E-state index contributed by atoms with van der Waals surface area (Å²) in [5.74, 6) is 1.49. The number of thiophene rings is 2. The van der Waals surface area contributed by atoms with Crippen molar-refractivity contribution in [2.45, 2.75) is 0 Å². The van der Waals surface area contributed by atoms with Gasteiger partial charge >= 0.3 is 0 Å². The Morgan fingerprint density at radius 3 is 0.930 bits per heavy atom. The summed E-state index contributed by atoms with van der Waals surface area (Å²) >= 11 is 3.53. The van der Waals surface area contributed by atoms with Crippen LogP contribution in [0, 0.1) is 0 Å². The normalized spacial score (nSPS) is 11.6. The first kappa shape index (κ1) is 58.6. The lowest BCUT2D eigenvalue weighted by Crippen LogP contribution is -1.94. The van der Waals surface area contributed by atoms with E-state index >= 15 is 0 Å². The van der Waals surface area contributed by atoms with Gasteiger partial charge in [-0.2, -0.15) is 0 Å². The minimum absolute atomic E-state index is 0.742. The van der Waals surface area contributed by atoms with Crippen LogP contribution in [0.1, 0.15) is 0 Å². The van der Waals surface area contributed by atoms with Gasteiger partial charge in [-0.25, -0.2) is 19.9 Å². The zero-order chi connectivity index (χ0) is 66.0. The van der Waals surface area contributed by atoms with Crippen LogP contribution in [-0.4, -0.2) is 29.1 Å². The van der Waals surface area contributed by atoms with E-state index in [1.165, 1.54) is 103 Å². The maximum absolute atomic E-state index is 5.23. The maximum atomic E-state index is 5.23. The molecular formula is C92H58N6S2. The molecule has 20 aromatic rings. The predicted octanol–water partition coefficient (Wildman–Crippen LogP) is 25.2.